The van der Waals surface area contributed by atoms with Crippen LogP contribution in [0.1, 0.15) is 30.6 Å². The molecule has 4 nitrogen and oxygen atoms in total. The van der Waals surface area contributed by atoms with E-state index in [1.165, 1.54) is 0 Å². The van der Waals surface area contributed by atoms with Crippen molar-refractivity contribution in [2.24, 2.45) is 5.92 Å². The number of amides is 1. The normalized spacial score (nSPS) is 16.9. The molecule has 1 saturated heterocycles. The fourth-order valence-electron chi connectivity index (χ4n) is 3.49. The molecule has 2 aromatic rings. The van der Waals surface area contributed by atoms with E-state index < -0.39 is 0 Å². The Morgan fingerprint density at radius 2 is 1.84 bits per heavy atom. The lowest BCUT2D eigenvalue weighted by Gasteiger charge is -2.35. The Kier molecular flexibility index (Phi) is 6.05. The predicted molar refractivity (Wildman–Crippen MR) is 102 cm³/mol. The highest BCUT2D eigenvalue weighted by Crippen LogP contribution is 2.16. The SMILES string of the molecule is CC(C)CC(CNC(=O)c1ccc2ccccc2c1)N1CCOCC1. The minimum atomic E-state index is 0.00719. The van der Waals surface area contributed by atoms with Gasteiger partial charge in [-0.25, -0.2) is 0 Å². The Balaban J connectivity index is 1.64. The van der Waals surface area contributed by atoms with E-state index in [-0.39, 0.29) is 5.91 Å². The Morgan fingerprint density at radius 3 is 2.56 bits per heavy atom. The molecule has 0 aliphatic carbocycles. The van der Waals surface area contributed by atoms with Crippen molar-refractivity contribution in [1.82, 2.24) is 10.2 Å². The lowest BCUT2D eigenvalue weighted by molar-refractivity contribution is 0.0124. The number of carbonyl (C=O) groups is 1. The molecule has 2 aromatic carbocycles. The third kappa shape index (κ3) is 4.80. The molecular formula is C21H28N2O2. The molecule has 1 unspecified atom stereocenters. The van der Waals surface area contributed by atoms with E-state index in [9.17, 15) is 4.79 Å². The van der Waals surface area contributed by atoms with Crippen molar-refractivity contribution in [1.29, 1.82) is 0 Å². The van der Waals surface area contributed by atoms with Gasteiger partial charge in [0.25, 0.3) is 5.91 Å². The van der Waals surface area contributed by atoms with Gasteiger partial charge in [-0.05, 0) is 35.2 Å². The number of ether oxygens (including phenoxy) is 1. The van der Waals surface area contributed by atoms with Gasteiger partial charge in [0.2, 0.25) is 0 Å². The fraction of sp³-hybridized carbons (Fsp3) is 0.476. The number of fused-ring (bicyclic) bond motifs is 1. The summed E-state index contributed by atoms with van der Waals surface area (Å²) in [5, 5.41) is 5.40. The maximum absolute atomic E-state index is 12.6. The molecule has 1 aliphatic rings. The van der Waals surface area contributed by atoms with Crippen LogP contribution in [0, 0.1) is 5.92 Å². The van der Waals surface area contributed by atoms with Gasteiger partial charge in [0.05, 0.1) is 13.2 Å². The lowest BCUT2D eigenvalue weighted by atomic mass is 10.0. The molecule has 1 N–H and O–H groups in total. The summed E-state index contributed by atoms with van der Waals surface area (Å²) in [5.74, 6) is 0.609. The highest BCUT2D eigenvalue weighted by atomic mass is 16.5. The average Bonchev–Trinajstić information content (AvgIpc) is 2.65. The lowest BCUT2D eigenvalue weighted by Crippen LogP contribution is -2.49. The van der Waals surface area contributed by atoms with Crippen LogP contribution in [0.5, 0.6) is 0 Å². The maximum Gasteiger partial charge on any atom is 0.251 e. The van der Waals surface area contributed by atoms with E-state index in [2.05, 4.69) is 30.1 Å². The third-order valence-corrected chi connectivity index (χ3v) is 4.82. The van der Waals surface area contributed by atoms with E-state index in [4.69, 9.17) is 4.74 Å². The molecule has 134 valence electrons. The van der Waals surface area contributed by atoms with Gasteiger partial charge >= 0.3 is 0 Å². The van der Waals surface area contributed by atoms with Gasteiger partial charge in [-0.3, -0.25) is 9.69 Å². The molecule has 4 heteroatoms. The number of benzene rings is 2. The van der Waals surface area contributed by atoms with Crippen molar-refractivity contribution < 1.29 is 9.53 Å². The number of carbonyl (C=O) groups excluding carboxylic acids is 1. The van der Waals surface area contributed by atoms with Crippen LogP contribution < -0.4 is 5.32 Å². The van der Waals surface area contributed by atoms with Crippen LogP contribution in [0.3, 0.4) is 0 Å². The minimum absolute atomic E-state index is 0.00719. The van der Waals surface area contributed by atoms with Gasteiger partial charge in [0, 0.05) is 31.2 Å². The maximum atomic E-state index is 12.6. The first-order valence-corrected chi connectivity index (χ1v) is 9.22. The molecule has 1 heterocycles. The number of nitrogens with one attached hydrogen (secondary N) is 1. The zero-order chi connectivity index (χ0) is 17.6. The van der Waals surface area contributed by atoms with E-state index in [1.807, 2.05) is 36.4 Å². The molecule has 25 heavy (non-hydrogen) atoms. The highest BCUT2D eigenvalue weighted by molar-refractivity contribution is 5.98. The highest BCUT2D eigenvalue weighted by Gasteiger charge is 2.22. The second-order valence-corrected chi connectivity index (χ2v) is 7.20. The predicted octanol–water partition coefficient (Wildman–Crippen LogP) is 3.32. The van der Waals surface area contributed by atoms with Crippen molar-refractivity contribution in [2.45, 2.75) is 26.3 Å². The summed E-state index contributed by atoms with van der Waals surface area (Å²) < 4.78 is 5.46. The largest absolute Gasteiger partial charge is 0.379 e. The van der Waals surface area contributed by atoms with Crippen LogP contribution in [0.4, 0.5) is 0 Å². The molecule has 3 rings (SSSR count). The van der Waals surface area contributed by atoms with Gasteiger partial charge < -0.3 is 10.1 Å². The summed E-state index contributed by atoms with van der Waals surface area (Å²) in [6.45, 7) is 8.62. The number of rotatable bonds is 6. The Labute approximate surface area is 150 Å². The van der Waals surface area contributed by atoms with Crippen molar-refractivity contribution in [3.63, 3.8) is 0 Å². The number of hydrogen-bond donors (Lipinski definition) is 1. The van der Waals surface area contributed by atoms with Crippen molar-refractivity contribution in [3.8, 4) is 0 Å². The monoisotopic (exact) mass is 340 g/mol. The zero-order valence-electron chi connectivity index (χ0n) is 15.2. The van der Waals surface area contributed by atoms with Crippen LogP contribution >= 0.6 is 0 Å². The Bertz CT molecular complexity index is 708. The smallest absolute Gasteiger partial charge is 0.251 e. The molecule has 0 aromatic heterocycles. The molecular weight excluding hydrogens is 312 g/mol. The molecule has 1 fully saturated rings. The summed E-state index contributed by atoms with van der Waals surface area (Å²) in [7, 11) is 0. The summed E-state index contributed by atoms with van der Waals surface area (Å²) in [6, 6.07) is 14.4. The molecule has 0 saturated carbocycles. The van der Waals surface area contributed by atoms with E-state index in [1.54, 1.807) is 0 Å². The first kappa shape index (κ1) is 17.9. The van der Waals surface area contributed by atoms with Crippen LogP contribution in [0.25, 0.3) is 10.8 Å². The zero-order valence-corrected chi connectivity index (χ0v) is 15.2. The molecule has 0 bridgehead atoms. The third-order valence-electron chi connectivity index (χ3n) is 4.82. The molecule has 0 radical (unpaired) electrons. The van der Waals surface area contributed by atoms with E-state index in [0.29, 0.717) is 18.5 Å². The second kappa shape index (κ2) is 8.45. The number of nitrogens with zero attached hydrogens (tertiary/aromatic N) is 1. The molecule has 1 aliphatic heterocycles. The first-order valence-electron chi connectivity index (χ1n) is 9.22. The van der Waals surface area contributed by atoms with E-state index >= 15 is 0 Å². The Morgan fingerprint density at radius 1 is 1.12 bits per heavy atom. The van der Waals surface area contributed by atoms with Gasteiger partial charge in [-0.1, -0.05) is 44.2 Å². The fourth-order valence-corrected chi connectivity index (χ4v) is 3.49. The van der Waals surface area contributed by atoms with Gasteiger partial charge in [-0.2, -0.15) is 0 Å². The second-order valence-electron chi connectivity index (χ2n) is 7.20. The van der Waals surface area contributed by atoms with Gasteiger partial charge in [0.1, 0.15) is 0 Å². The quantitative estimate of drug-likeness (QED) is 0.877. The summed E-state index contributed by atoms with van der Waals surface area (Å²) >= 11 is 0. The van der Waals surface area contributed by atoms with Gasteiger partial charge in [0.15, 0.2) is 0 Å². The molecule has 0 spiro atoms. The standard InChI is InChI=1S/C21H28N2O2/c1-16(2)13-20(23-9-11-25-12-10-23)15-22-21(24)19-8-7-17-5-3-4-6-18(17)14-19/h3-8,14,16,20H,9-13,15H2,1-2H3,(H,22,24). The van der Waals surface area contributed by atoms with Crippen LogP contribution in [-0.2, 0) is 4.74 Å². The summed E-state index contributed by atoms with van der Waals surface area (Å²) in [4.78, 5) is 15.1. The number of hydrogen-bond acceptors (Lipinski definition) is 3. The van der Waals surface area contributed by atoms with Crippen LogP contribution in [0.15, 0.2) is 42.5 Å². The van der Waals surface area contributed by atoms with Crippen molar-refractivity contribution in [3.05, 3.63) is 48.0 Å². The number of morpholine rings is 1. The van der Waals surface area contributed by atoms with Crippen molar-refractivity contribution >= 4 is 16.7 Å². The van der Waals surface area contributed by atoms with E-state index in [0.717, 1.165) is 49.1 Å². The Hall–Kier alpha value is -1.91. The van der Waals surface area contributed by atoms with Crippen LogP contribution in [0.2, 0.25) is 0 Å². The van der Waals surface area contributed by atoms with Crippen LogP contribution in [-0.4, -0.2) is 49.7 Å². The summed E-state index contributed by atoms with van der Waals surface area (Å²) in [6.07, 6.45) is 1.08. The molecule has 1 amide bonds. The van der Waals surface area contributed by atoms with Gasteiger partial charge in [-0.15, -0.1) is 0 Å². The summed E-state index contributed by atoms with van der Waals surface area (Å²) in [5.41, 5.74) is 0.726. The topological polar surface area (TPSA) is 41.6 Å². The minimum Gasteiger partial charge on any atom is -0.379 e. The van der Waals surface area contributed by atoms with Crippen molar-refractivity contribution in [2.75, 3.05) is 32.8 Å². The molecule has 1 atom stereocenters. The average molecular weight is 340 g/mol. The first-order chi connectivity index (χ1) is 12.1.